The van der Waals surface area contributed by atoms with E-state index in [4.69, 9.17) is 33.1 Å². The fourth-order valence-electron chi connectivity index (χ4n) is 3.29. The number of rotatable bonds is 6. The van der Waals surface area contributed by atoms with Crippen molar-refractivity contribution in [2.75, 3.05) is 25.0 Å². The van der Waals surface area contributed by atoms with Gasteiger partial charge in [0.1, 0.15) is 0 Å². The van der Waals surface area contributed by atoms with Crippen LogP contribution < -0.4 is 5.32 Å². The van der Waals surface area contributed by atoms with Crippen LogP contribution in [0.25, 0.3) is 0 Å². The number of carboxylic acids is 1. The molecule has 2 aromatic carbocycles. The van der Waals surface area contributed by atoms with Gasteiger partial charge >= 0.3 is 0 Å². The molecule has 1 aliphatic heterocycles. The molecule has 152 valence electrons. The molecule has 0 amide bonds. The van der Waals surface area contributed by atoms with Crippen molar-refractivity contribution in [1.82, 2.24) is 4.90 Å². The Morgan fingerprint density at radius 1 is 1.04 bits per heavy atom. The minimum Gasteiger partial charge on any atom is -0.481 e. The summed E-state index contributed by atoms with van der Waals surface area (Å²) in [5, 5.41) is 12.1. The summed E-state index contributed by atoms with van der Waals surface area (Å²) in [6.07, 6.45) is 6.32. The molecule has 0 unspecified atom stereocenters. The first kappa shape index (κ1) is 22.5. The fraction of sp³-hybridized carbons (Fsp3) is 0.409. The molecule has 0 aromatic heterocycles. The Kier molecular flexibility index (Phi) is 9.62. The molecule has 0 radical (unpaired) electrons. The van der Waals surface area contributed by atoms with Crippen LogP contribution in [-0.2, 0) is 11.2 Å². The van der Waals surface area contributed by atoms with E-state index in [1.165, 1.54) is 50.9 Å². The van der Waals surface area contributed by atoms with Gasteiger partial charge in [0, 0.05) is 12.6 Å². The van der Waals surface area contributed by atoms with Gasteiger partial charge in [0.25, 0.3) is 5.97 Å². The van der Waals surface area contributed by atoms with Crippen LogP contribution in [0.15, 0.2) is 42.5 Å². The molecule has 3 rings (SSSR count). The van der Waals surface area contributed by atoms with Crippen LogP contribution in [0, 0.1) is 0 Å². The Morgan fingerprint density at radius 3 is 2.29 bits per heavy atom. The second kappa shape index (κ2) is 11.9. The molecule has 0 aliphatic carbocycles. The Hall–Kier alpha value is -1.75. The number of carbonyl (C=O) groups is 1. The minimum absolute atomic E-state index is 0.644. The van der Waals surface area contributed by atoms with Crippen LogP contribution in [0.5, 0.6) is 0 Å². The molecule has 6 heteroatoms. The molecule has 1 saturated heterocycles. The number of hydrogen-bond acceptors (Lipinski definition) is 3. The average Bonchev–Trinajstić information content (AvgIpc) is 2.66. The zero-order valence-electron chi connectivity index (χ0n) is 16.3. The maximum absolute atomic E-state index is 9.00. The number of nitrogens with zero attached hydrogens (tertiary/aromatic N) is 1. The number of nitrogens with one attached hydrogen (secondary N) is 1. The molecule has 0 bridgehead atoms. The van der Waals surface area contributed by atoms with Crippen LogP contribution in [0.3, 0.4) is 0 Å². The molecule has 1 aliphatic rings. The Morgan fingerprint density at radius 2 is 1.64 bits per heavy atom. The number of anilines is 2. The Labute approximate surface area is 177 Å². The predicted octanol–water partition coefficient (Wildman–Crippen LogP) is 6.25. The molecule has 0 atom stereocenters. The first-order valence-electron chi connectivity index (χ1n) is 9.68. The number of halogens is 2. The van der Waals surface area contributed by atoms with Crippen molar-refractivity contribution in [2.24, 2.45) is 0 Å². The van der Waals surface area contributed by atoms with Crippen molar-refractivity contribution in [1.29, 1.82) is 0 Å². The molecule has 1 fully saturated rings. The van der Waals surface area contributed by atoms with Crippen LogP contribution >= 0.6 is 23.2 Å². The first-order valence-corrected chi connectivity index (χ1v) is 10.4. The third kappa shape index (κ3) is 7.70. The lowest BCUT2D eigenvalue weighted by Gasteiger charge is -2.26. The molecule has 0 spiro atoms. The van der Waals surface area contributed by atoms with Gasteiger partial charge in [-0.25, -0.2) is 0 Å². The highest BCUT2D eigenvalue weighted by molar-refractivity contribution is 6.39. The summed E-state index contributed by atoms with van der Waals surface area (Å²) in [5.41, 5.74) is 3.18. The smallest absolute Gasteiger partial charge is 0.300 e. The van der Waals surface area contributed by atoms with Crippen molar-refractivity contribution < 1.29 is 9.90 Å². The van der Waals surface area contributed by atoms with Gasteiger partial charge < -0.3 is 15.3 Å². The van der Waals surface area contributed by atoms with Gasteiger partial charge in [0.05, 0.1) is 15.7 Å². The number of hydrogen-bond donors (Lipinski definition) is 2. The number of aliphatic carboxylic acids is 1. The summed E-state index contributed by atoms with van der Waals surface area (Å²) in [5.74, 6) is -0.833. The van der Waals surface area contributed by atoms with Crippen molar-refractivity contribution in [2.45, 2.75) is 39.0 Å². The molecule has 28 heavy (non-hydrogen) atoms. The van der Waals surface area contributed by atoms with Gasteiger partial charge in [0.2, 0.25) is 0 Å². The third-order valence-electron chi connectivity index (χ3n) is 4.61. The number of likely N-dealkylation sites (tertiary alicyclic amines) is 1. The average molecular weight is 423 g/mol. The first-order chi connectivity index (χ1) is 13.5. The van der Waals surface area contributed by atoms with Crippen molar-refractivity contribution >= 4 is 40.5 Å². The van der Waals surface area contributed by atoms with Crippen LogP contribution in [0.4, 0.5) is 11.4 Å². The lowest BCUT2D eigenvalue weighted by molar-refractivity contribution is -0.134. The molecule has 2 N–H and O–H groups in total. The summed E-state index contributed by atoms with van der Waals surface area (Å²) in [6.45, 7) is 4.78. The van der Waals surface area contributed by atoms with Crippen molar-refractivity contribution in [3.63, 3.8) is 0 Å². The summed E-state index contributed by atoms with van der Waals surface area (Å²) in [6, 6.07) is 14.0. The summed E-state index contributed by atoms with van der Waals surface area (Å²) >= 11 is 12.6. The minimum atomic E-state index is -0.833. The highest BCUT2D eigenvalue weighted by Crippen LogP contribution is 2.33. The highest BCUT2D eigenvalue weighted by Gasteiger charge is 2.11. The topological polar surface area (TPSA) is 52.6 Å². The Bertz CT molecular complexity index is 738. The summed E-state index contributed by atoms with van der Waals surface area (Å²) in [7, 11) is 0. The quantitative estimate of drug-likeness (QED) is 0.577. The molecular weight excluding hydrogens is 395 g/mol. The van der Waals surface area contributed by atoms with Gasteiger partial charge in [-0.15, -0.1) is 0 Å². The predicted molar refractivity (Wildman–Crippen MR) is 118 cm³/mol. The molecular formula is C22H28Cl2N2O2. The van der Waals surface area contributed by atoms with Gasteiger partial charge in [-0.1, -0.05) is 53.9 Å². The normalized spacial score (nSPS) is 14.1. The second-order valence-corrected chi connectivity index (χ2v) is 7.72. The van der Waals surface area contributed by atoms with Crippen LogP contribution in [-0.4, -0.2) is 35.6 Å². The van der Waals surface area contributed by atoms with E-state index in [1.807, 2.05) is 24.3 Å². The van der Waals surface area contributed by atoms with Gasteiger partial charge in [-0.2, -0.15) is 0 Å². The number of benzene rings is 2. The van der Waals surface area contributed by atoms with Crippen LogP contribution in [0.1, 0.15) is 38.2 Å². The SMILES string of the molecule is CC(=O)O.Clc1cccc(Cl)c1Nc1ccccc1CCCN1CCCCC1. The maximum atomic E-state index is 9.00. The van der Waals surface area contributed by atoms with E-state index >= 15 is 0 Å². The number of carboxylic acid groups (broad SMARTS) is 1. The molecule has 0 saturated carbocycles. The molecule has 1 heterocycles. The number of aryl methyl sites for hydroxylation is 1. The fourth-order valence-corrected chi connectivity index (χ4v) is 3.78. The zero-order valence-corrected chi connectivity index (χ0v) is 17.8. The third-order valence-corrected chi connectivity index (χ3v) is 5.24. The monoisotopic (exact) mass is 422 g/mol. The number of para-hydroxylation sites is 2. The summed E-state index contributed by atoms with van der Waals surface area (Å²) < 4.78 is 0. The van der Waals surface area contributed by atoms with Crippen LogP contribution in [0.2, 0.25) is 10.0 Å². The van der Waals surface area contributed by atoms with E-state index in [9.17, 15) is 0 Å². The largest absolute Gasteiger partial charge is 0.481 e. The van der Waals surface area contributed by atoms with E-state index in [2.05, 4.69) is 28.4 Å². The standard InChI is InChI=1S/C20H24Cl2N2.C2H4O2/c21-17-10-6-11-18(22)20(17)23-19-12-3-2-8-16(19)9-7-15-24-13-4-1-5-14-24;1-2(3)4/h2-3,6,8,10-12,23H,1,4-5,7,9,13-15H2;1H3,(H,3,4). The highest BCUT2D eigenvalue weighted by atomic mass is 35.5. The van der Waals surface area contributed by atoms with Gasteiger partial charge in [-0.3, -0.25) is 4.79 Å². The van der Waals surface area contributed by atoms with E-state index < -0.39 is 5.97 Å². The zero-order chi connectivity index (χ0) is 20.4. The van der Waals surface area contributed by atoms with E-state index in [-0.39, 0.29) is 0 Å². The van der Waals surface area contributed by atoms with Crippen molar-refractivity contribution in [3.8, 4) is 0 Å². The van der Waals surface area contributed by atoms with E-state index in [0.29, 0.717) is 10.0 Å². The van der Waals surface area contributed by atoms with E-state index in [0.717, 1.165) is 24.7 Å². The molecule has 2 aromatic rings. The lowest BCUT2D eigenvalue weighted by atomic mass is 10.1. The second-order valence-electron chi connectivity index (χ2n) is 6.90. The number of piperidine rings is 1. The van der Waals surface area contributed by atoms with Crippen molar-refractivity contribution in [3.05, 3.63) is 58.1 Å². The lowest BCUT2D eigenvalue weighted by Crippen LogP contribution is -2.30. The van der Waals surface area contributed by atoms with Gasteiger partial charge in [-0.05, 0) is 69.1 Å². The molecule has 4 nitrogen and oxygen atoms in total. The Balaban J connectivity index is 0.000000640. The maximum Gasteiger partial charge on any atom is 0.300 e. The summed E-state index contributed by atoms with van der Waals surface area (Å²) in [4.78, 5) is 11.6. The van der Waals surface area contributed by atoms with E-state index in [1.54, 1.807) is 0 Å². The van der Waals surface area contributed by atoms with Gasteiger partial charge in [0.15, 0.2) is 0 Å².